The average molecular weight is 239 g/mol. The topological polar surface area (TPSA) is 26.3 Å². The van der Waals surface area contributed by atoms with E-state index in [1.165, 1.54) is 0 Å². The fourth-order valence-electron chi connectivity index (χ4n) is 0.989. The van der Waals surface area contributed by atoms with Crippen LogP contribution in [0.25, 0.3) is 0 Å². The van der Waals surface area contributed by atoms with E-state index in [-0.39, 0.29) is 10.6 Å². The monoisotopic (exact) mass is 238 g/mol. The summed E-state index contributed by atoms with van der Waals surface area (Å²) in [6.07, 6.45) is -4.53. The summed E-state index contributed by atoms with van der Waals surface area (Å²) in [6, 6.07) is 2.55. The van der Waals surface area contributed by atoms with Crippen LogP contribution in [0.2, 0.25) is 5.02 Å². The van der Waals surface area contributed by atoms with Crippen molar-refractivity contribution in [2.75, 3.05) is 7.11 Å². The zero-order valence-corrected chi connectivity index (χ0v) is 8.32. The SMILES string of the molecule is COC(=O)c1cc(Cl)cc(C(F)(F)F)c1. The minimum atomic E-state index is -4.53. The van der Waals surface area contributed by atoms with Gasteiger partial charge in [-0.2, -0.15) is 13.2 Å². The van der Waals surface area contributed by atoms with Crippen LogP contribution in [0.1, 0.15) is 15.9 Å². The Kier molecular flexibility index (Phi) is 3.24. The van der Waals surface area contributed by atoms with Crippen LogP contribution in [0.5, 0.6) is 0 Å². The maximum absolute atomic E-state index is 12.3. The Labute approximate surface area is 88.6 Å². The first-order valence-electron chi connectivity index (χ1n) is 3.80. The number of methoxy groups -OCH3 is 1. The summed E-state index contributed by atoms with van der Waals surface area (Å²) in [5, 5.41) is -0.162. The van der Waals surface area contributed by atoms with E-state index in [0.29, 0.717) is 6.07 Å². The van der Waals surface area contributed by atoms with Gasteiger partial charge in [0, 0.05) is 5.02 Å². The minimum Gasteiger partial charge on any atom is -0.465 e. The van der Waals surface area contributed by atoms with E-state index in [4.69, 9.17) is 11.6 Å². The number of carbonyl (C=O) groups is 1. The first kappa shape index (κ1) is 11.8. The van der Waals surface area contributed by atoms with E-state index >= 15 is 0 Å². The largest absolute Gasteiger partial charge is 0.465 e. The van der Waals surface area contributed by atoms with Gasteiger partial charge in [0.2, 0.25) is 0 Å². The highest BCUT2D eigenvalue weighted by atomic mass is 35.5. The first-order valence-corrected chi connectivity index (χ1v) is 4.18. The Morgan fingerprint density at radius 3 is 2.40 bits per heavy atom. The summed E-state index contributed by atoms with van der Waals surface area (Å²) < 4.78 is 41.2. The van der Waals surface area contributed by atoms with Crippen molar-refractivity contribution in [2.24, 2.45) is 0 Å². The summed E-state index contributed by atoms with van der Waals surface area (Å²) in [6.45, 7) is 0. The molecule has 6 heteroatoms. The molecule has 0 aromatic heterocycles. The molecule has 15 heavy (non-hydrogen) atoms. The molecule has 0 unspecified atom stereocenters. The molecule has 0 radical (unpaired) electrons. The van der Waals surface area contributed by atoms with Gasteiger partial charge in [-0.3, -0.25) is 0 Å². The van der Waals surface area contributed by atoms with Gasteiger partial charge in [-0.15, -0.1) is 0 Å². The van der Waals surface area contributed by atoms with Crippen molar-refractivity contribution in [3.63, 3.8) is 0 Å². The Morgan fingerprint density at radius 2 is 1.93 bits per heavy atom. The molecule has 82 valence electrons. The molecule has 0 aliphatic rings. The molecule has 0 aliphatic heterocycles. The van der Waals surface area contributed by atoms with Gasteiger partial charge in [0.25, 0.3) is 0 Å². The predicted molar refractivity (Wildman–Crippen MR) is 47.8 cm³/mol. The molecule has 2 nitrogen and oxygen atoms in total. The smallest absolute Gasteiger partial charge is 0.416 e. The van der Waals surface area contributed by atoms with E-state index in [1.54, 1.807) is 0 Å². The third kappa shape index (κ3) is 2.86. The standard InChI is InChI=1S/C9H6ClF3O2/c1-15-8(14)5-2-6(9(11,12)13)4-7(10)3-5/h2-4H,1H3. The second-order valence-corrected chi connectivity index (χ2v) is 3.15. The second-order valence-electron chi connectivity index (χ2n) is 2.72. The molecule has 0 saturated carbocycles. The minimum absolute atomic E-state index is 0.162. The summed E-state index contributed by atoms with van der Waals surface area (Å²) >= 11 is 5.45. The highest BCUT2D eigenvalue weighted by molar-refractivity contribution is 6.31. The number of halogens is 4. The van der Waals surface area contributed by atoms with Crippen molar-refractivity contribution in [1.82, 2.24) is 0 Å². The van der Waals surface area contributed by atoms with E-state index in [9.17, 15) is 18.0 Å². The lowest BCUT2D eigenvalue weighted by molar-refractivity contribution is -0.137. The first-order chi connectivity index (χ1) is 6.84. The highest BCUT2D eigenvalue weighted by Crippen LogP contribution is 2.31. The molecule has 0 amide bonds. The third-order valence-corrected chi connectivity index (χ3v) is 1.86. The zero-order chi connectivity index (χ0) is 11.6. The van der Waals surface area contributed by atoms with Crippen LogP contribution in [0, 0.1) is 0 Å². The quantitative estimate of drug-likeness (QED) is 0.703. The molecule has 0 spiro atoms. The van der Waals surface area contributed by atoms with Crippen molar-refractivity contribution in [1.29, 1.82) is 0 Å². The molecule has 0 N–H and O–H groups in total. The number of rotatable bonds is 1. The Hall–Kier alpha value is -1.23. The Balaban J connectivity index is 3.23. The van der Waals surface area contributed by atoms with Crippen molar-refractivity contribution in [3.8, 4) is 0 Å². The van der Waals surface area contributed by atoms with Gasteiger partial charge in [-0.25, -0.2) is 4.79 Å². The molecular formula is C9H6ClF3O2. The number of ether oxygens (including phenoxy) is 1. The van der Waals surface area contributed by atoms with Crippen LogP contribution in [0.15, 0.2) is 18.2 Å². The molecule has 0 atom stereocenters. The van der Waals surface area contributed by atoms with E-state index in [0.717, 1.165) is 19.2 Å². The molecule has 1 aromatic carbocycles. The molecular weight excluding hydrogens is 233 g/mol. The number of benzene rings is 1. The molecule has 1 rings (SSSR count). The van der Waals surface area contributed by atoms with Gasteiger partial charge >= 0.3 is 12.1 Å². The van der Waals surface area contributed by atoms with Crippen molar-refractivity contribution in [3.05, 3.63) is 34.3 Å². The molecule has 0 aliphatic carbocycles. The fourth-order valence-corrected chi connectivity index (χ4v) is 1.22. The van der Waals surface area contributed by atoms with Crippen LogP contribution in [-0.4, -0.2) is 13.1 Å². The Bertz CT molecular complexity index is 387. The normalized spacial score (nSPS) is 11.3. The van der Waals surface area contributed by atoms with Gasteiger partial charge in [0.05, 0.1) is 18.2 Å². The molecule has 1 aromatic rings. The number of esters is 1. The van der Waals surface area contributed by atoms with E-state index in [1.807, 2.05) is 0 Å². The lowest BCUT2D eigenvalue weighted by Gasteiger charge is -2.08. The Morgan fingerprint density at radius 1 is 1.33 bits per heavy atom. The van der Waals surface area contributed by atoms with Crippen LogP contribution >= 0.6 is 11.6 Å². The highest BCUT2D eigenvalue weighted by Gasteiger charge is 2.31. The van der Waals surface area contributed by atoms with Crippen molar-refractivity contribution >= 4 is 17.6 Å². The molecule has 0 fully saturated rings. The maximum atomic E-state index is 12.3. The lowest BCUT2D eigenvalue weighted by Crippen LogP contribution is -2.08. The summed E-state index contributed by atoms with van der Waals surface area (Å²) in [5.41, 5.74) is -1.20. The number of hydrogen-bond acceptors (Lipinski definition) is 2. The van der Waals surface area contributed by atoms with Crippen LogP contribution in [0.3, 0.4) is 0 Å². The van der Waals surface area contributed by atoms with Gasteiger partial charge < -0.3 is 4.74 Å². The molecule has 0 heterocycles. The number of hydrogen-bond donors (Lipinski definition) is 0. The average Bonchev–Trinajstić information content (AvgIpc) is 2.14. The molecule has 0 saturated heterocycles. The van der Waals surface area contributed by atoms with Crippen LogP contribution in [-0.2, 0) is 10.9 Å². The van der Waals surface area contributed by atoms with Gasteiger partial charge in [-0.1, -0.05) is 11.6 Å². The maximum Gasteiger partial charge on any atom is 0.416 e. The van der Waals surface area contributed by atoms with E-state index < -0.39 is 17.7 Å². The predicted octanol–water partition coefficient (Wildman–Crippen LogP) is 3.15. The summed E-state index contributed by atoms with van der Waals surface area (Å²) in [5.74, 6) is -0.858. The van der Waals surface area contributed by atoms with Gasteiger partial charge in [0.15, 0.2) is 0 Å². The van der Waals surface area contributed by atoms with E-state index in [2.05, 4.69) is 4.74 Å². The molecule has 0 bridgehead atoms. The van der Waals surface area contributed by atoms with Gasteiger partial charge in [-0.05, 0) is 18.2 Å². The van der Waals surface area contributed by atoms with Gasteiger partial charge in [0.1, 0.15) is 0 Å². The second kappa shape index (κ2) is 4.10. The van der Waals surface area contributed by atoms with Crippen LogP contribution < -0.4 is 0 Å². The third-order valence-electron chi connectivity index (χ3n) is 1.65. The van der Waals surface area contributed by atoms with Crippen molar-refractivity contribution in [2.45, 2.75) is 6.18 Å². The van der Waals surface area contributed by atoms with Crippen LogP contribution in [0.4, 0.5) is 13.2 Å². The fraction of sp³-hybridized carbons (Fsp3) is 0.222. The van der Waals surface area contributed by atoms with Crippen molar-refractivity contribution < 1.29 is 22.7 Å². The number of carbonyl (C=O) groups excluding carboxylic acids is 1. The summed E-state index contributed by atoms with van der Waals surface area (Å²) in [4.78, 5) is 11.0. The number of alkyl halides is 3. The lowest BCUT2D eigenvalue weighted by atomic mass is 10.1. The summed E-state index contributed by atoms with van der Waals surface area (Å²) in [7, 11) is 1.08. The zero-order valence-electron chi connectivity index (χ0n) is 7.56.